The Morgan fingerprint density at radius 2 is 1.94 bits per heavy atom. The molecule has 0 bridgehead atoms. The number of hydrazine groups is 1. The summed E-state index contributed by atoms with van der Waals surface area (Å²) in [5.41, 5.74) is 4.57. The molecule has 0 aliphatic heterocycles. The van der Waals surface area contributed by atoms with E-state index in [1.54, 1.807) is 5.57 Å². The third-order valence-electron chi connectivity index (χ3n) is 3.51. The highest BCUT2D eigenvalue weighted by atomic mass is 15.2. The molecule has 0 saturated heterocycles. The van der Waals surface area contributed by atoms with Crippen molar-refractivity contribution >= 4 is 0 Å². The molecule has 0 radical (unpaired) electrons. The van der Waals surface area contributed by atoms with Gasteiger partial charge < -0.3 is 0 Å². The van der Waals surface area contributed by atoms with E-state index in [-0.39, 0.29) is 0 Å². The molecular formula is C14H28N2. The van der Waals surface area contributed by atoms with Gasteiger partial charge in [-0.15, -0.1) is 0 Å². The molecule has 94 valence electrons. The van der Waals surface area contributed by atoms with E-state index < -0.39 is 0 Å². The summed E-state index contributed by atoms with van der Waals surface area (Å²) in [4.78, 5) is 0. The normalized spacial score (nSPS) is 20.1. The lowest BCUT2D eigenvalue weighted by Crippen LogP contribution is -2.37. The quantitative estimate of drug-likeness (QED) is 0.426. The van der Waals surface area contributed by atoms with Crippen LogP contribution in [0, 0.1) is 5.92 Å². The first kappa shape index (κ1) is 13.7. The van der Waals surface area contributed by atoms with Gasteiger partial charge in [0.15, 0.2) is 0 Å². The second kappa shape index (κ2) is 7.86. The van der Waals surface area contributed by atoms with Crippen molar-refractivity contribution in [2.45, 2.75) is 71.3 Å². The SMILES string of the molecule is CC(C)CCC(NN)C1=CCCCCCC1. The second-order valence-corrected chi connectivity index (χ2v) is 5.42. The molecule has 0 aromatic carbocycles. The van der Waals surface area contributed by atoms with Crippen LogP contribution in [0.25, 0.3) is 0 Å². The van der Waals surface area contributed by atoms with Crippen molar-refractivity contribution in [3.8, 4) is 0 Å². The Balaban J connectivity index is 2.47. The molecule has 1 unspecified atom stereocenters. The molecular weight excluding hydrogens is 196 g/mol. The third kappa shape index (κ3) is 5.13. The standard InChI is InChI=1S/C14H28N2/c1-12(2)10-11-14(16-15)13-8-6-4-3-5-7-9-13/h8,12,14,16H,3-7,9-11,15H2,1-2H3. The molecule has 2 heteroatoms. The molecule has 2 nitrogen and oxygen atoms in total. The van der Waals surface area contributed by atoms with E-state index in [4.69, 9.17) is 5.84 Å². The fourth-order valence-corrected chi connectivity index (χ4v) is 2.41. The van der Waals surface area contributed by atoms with Crippen LogP contribution in [-0.4, -0.2) is 6.04 Å². The highest BCUT2D eigenvalue weighted by Gasteiger charge is 2.13. The van der Waals surface area contributed by atoms with Gasteiger partial charge in [-0.1, -0.05) is 38.3 Å². The summed E-state index contributed by atoms with van der Waals surface area (Å²) in [5.74, 6) is 6.46. The van der Waals surface area contributed by atoms with Crippen LogP contribution < -0.4 is 11.3 Å². The maximum absolute atomic E-state index is 5.69. The van der Waals surface area contributed by atoms with Crippen molar-refractivity contribution in [1.82, 2.24) is 5.43 Å². The Bertz CT molecular complexity index is 209. The van der Waals surface area contributed by atoms with Gasteiger partial charge in [-0.05, 0) is 44.4 Å². The molecule has 0 fully saturated rings. The zero-order chi connectivity index (χ0) is 11.8. The van der Waals surface area contributed by atoms with Crippen LogP contribution >= 0.6 is 0 Å². The van der Waals surface area contributed by atoms with Crippen molar-refractivity contribution in [2.75, 3.05) is 0 Å². The predicted molar refractivity (Wildman–Crippen MR) is 71.0 cm³/mol. The Kier molecular flexibility index (Phi) is 6.74. The summed E-state index contributed by atoms with van der Waals surface area (Å²) >= 11 is 0. The van der Waals surface area contributed by atoms with Gasteiger partial charge in [-0.2, -0.15) is 0 Å². The largest absolute Gasteiger partial charge is 0.271 e. The van der Waals surface area contributed by atoms with Crippen LogP contribution in [0.15, 0.2) is 11.6 Å². The van der Waals surface area contributed by atoms with Crippen molar-refractivity contribution in [1.29, 1.82) is 0 Å². The van der Waals surface area contributed by atoms with Crippen LogP contribution in [0.4, 0.5) is 0 Å². The first-order valence-corrected chi connectivity index (χ1v) is 6.89. The number of allylic oxidation sites excluding steroid dienone is 1. The fourth-order valence-electron chi connectivity index (χ4n) is 2.41. The van der Waals surface area contributed by atoms with Crippen LogP contribution in [0.5, 0.6) is 0 Å². The Morgan fingerprint density at radius 1 is 1.19 bits per heavy atom. The van der Waals surface area contributed by atoms with E-state index in [9.17, 15) is 0 Å². The lowest BCUT2D eigenvalue weighted by Gasteiger charge is -2.22. The highest BCUT2D eigenvalue weighted by molar-refractivity contribution is 5.11. The maximum atomic E-state index is 5.69. The molecule has 0 spiro atoms. The topological polar surface area (TPSA) is 38.0 Å². The Labute approximate surface area is 101 Å². The minimum atomic E-state index is 0.417. The number of rotatable bonds is 5. The number of hydrogen-bond acceptors (Lipinski definition) is 2. The molecule has 16 heavy (non-hydrogen) atoms. The zero-order valence-corrected chi connectivity index (χ0v) is 11.0. The molecule has 1 atom stereocenters. The van der Waals surface area contributed by atoms with E-state index in [1.807, 2.05) is 0 Å². The molecule has 3 N–H and O–H groups in total. The molecule has 0 aromatic heterocycles. The van der Waals surface area contributed by atoms with Crippen LogP contribution in [0.3, 0.4) is 0 Å². The summed E-state index contributed by atoms with van der Waals surface area (Å²) in [6.45, 7) is 4.56. The Morgan fingerprint density at radius 3 is 2.62 bits per heavy atom. The predicted octanol–water partition coefficient (Wildman–Crippen LogP) is 3.54. The first-order valence-electron chi connectivity index (χ1n) is 6.89. The molecule has 0 aromatic rings. The van der Waals surface area contributed by atoms with Crippen LogP contribution in [0.2, 0.25) is 0 Å². The van der Waals surface area contributed by atoms with Crippen molar-refractivity contribution in [2.24, 2.45) is 11.8 Å². The lowest BCUT2D eigenvalue weighted by molar-refractivity contribution is 0.456. The van der Waals surface area contributed by atoms with E-state index >= 15 is 0 Å². The average Bonchev–Trinajstić information content (AvgIpc) is 2.20. The monoisotopic (exact) mass is 224 g/mol. The van der Waals surface area contributed by atoms with Crippen molar-refractivity contribution in [3.63, 3.8) is 0 Å². The summed E-state index contributed by atoms with van der Waals surface area (Å²) < 4.78 is 0. The highest BCUT2D eigenvalue weighted by Crippen LogP contribution is 2.22. The minimum absolute atomic E-state index is 0.417. The molecule has 0 saturated carbocycles. The number of nitrogens with one attached hydrogen (secondary N) is 1. The van der Waals surface area contributed by atoms with Gasteiger partial charge in [-0.3, -0.25) is 11.3 Å². The molecule has 1 aliphatic carbocycles. The molecule has 1 aliphatic rings. The van der Waals surface area contributed by atoms with Crippen LogP contribution in [0.1, 0.15) is 65.2 Å². The zero-order valence-electron chi connectivity index (χ0n) is 11.0. The lowest BCUT2D eigenvalue weighted by atomic mass is 9.91. The summed E-state index contributed by atoms with van der Waals surface area (Å²) in [5, 5.41) is 0. The van der Waals surface area contributed by atoms with Gasteiger partial charge in [0, 0.05) is 6.04 Å². The van der Waals surface area contributed by atoms with Gasteiger partial charge in [0.25, 0.3) is 0 Å². The van der Waals surface area contributed by atoms with E-state index in [2.05, 4.69) is 25.3 Å². The van der Waals surface area contributed by atoms with Crippen molar-refractivity contribution in [3.05, 3.63) is 11.6 Å². The Hall–Kier alpha value is -0.340. The van der Waals surface area contributed by atoms with Crippen LogP contribution in [-0.2, 0) is 0 Å². The van der Waals surface area contributed by atoms with Gasteiger partial charge in [0.05, 0.1) is 0 Å². The van der Waals surface area contributed by atoms with E-state index in [1.165, 1.54) is 51.4 Å². The number of hydrogen-bond donors (Lipinski definition) is 2. The van der Waals surface area contributed by atoms with E-state index in [0.29, 0.717) is 6.04 Å². The minimum Gasteiger partial charge on any atom is -0.271 e. The van der Waals surface area contributed by atoms with E-state index in [0.717, 1.165) is 5.92 Å². The van der Waals surface area contributed by atoms with Crippen molar-refractivity contribution < 1.29 is 0 Å². The summed E-state index contributed by atoms with van der Waals surface area (Å²) in [6, 6.07) is 0.417. The van der Waals surface area contributed by atoms with Gasteiger partial charge in [0.2, 0.25) is 0 Å². The van der Waals surface area contributed by atoms with Gasteiger partial charge in [-0.25, -0.2) is 0 Å². The molecule has 1 rings (SSSR count). The molecule has 0 heterocycles. The summed E-state index contributed by atoms with van der Waals surface area (Å²) in [7, 11) is 0. The second-order valence-electron chi connectivity index (χ2n) is 5.42. The first-order chi connectivity index (χ1) is 7.74. The fraction of sp³-hybridized carbons (Fsp3) is 0.857. The number of nitrogens with two attached hydrogens (primary N) is 1. The average molecular weight is 224 g/mol. The third-order valence-corrected chi connectivity index (χ3v) is 3.51. The smallest absolute Gasteiger partial charge is 0.0419 e. The maximum Gasteiger partial charge on any atom is 0.0419 e. The molecule has 0 amide bonds. The summed E-state index contributed by atoms with van der Waals surface area (Å²) in [6.07, 6.45) is 12.8. The van der Waals surface area contributed by atoms with Gasteiger partial charge >= 0.3 is 0 Å². The van der Waals surface area contributed by atoms with Gasteiger partial charge in [0.1, 0.15) is 0 Å².